The van der Waals surface area contributed by atoms with Gasteiger partial charge in [-0.3, -0.25) is 0 Å². The second-order valence-electron chi connectivity index (χ2n) is 3.16. The van der Waals surface area contributed by atoms with Gasteiger partial charge in [-0.15, -0.1) is 22.9 Å². The zero-order valence-electron chi connectivity index (χ0n) is 7.83. The number of hydrogen-bond donors (Lipinski definition) is 1. The van der Waals surface area contributed by atoms with Gasteiger partial charge in [0.1, 0.15) is 5.82 Å². The van der Waals surface area contributed by atoms with Crippen molar-refractivity contribution in [2.45, 2.75) is 18.7 Å². The van der Waals surface area contributed by atoms with Gasteiger partial charge < -0.3 is 4.98 Å². The molecule has 2 heterocycles. The van der Waals surface area contributed by atoms with Gasteiger partial charge in [0.25, 0.3) is 0 Å². The predicted octanol–water partition coefficient (Wildman–Crippen LogP) is 3.30. The number of nitrogens with zero attached hydrogens (tertiary/aromatic N) is 1. The molecule has 0 spiro atoms. The first-order valence-corrected chi connectivity index (χ1v) is 5.69. The first-order chi connectivity index (χ1) is 6.75. The van der Waals surface area contributed by atoms with Crippen LogP contribution in [-0.2, 0) is 6.42 Å². The van der Waals surface area contributed by atoms with Gasteiger partial charge in [-0.2, -0.15) is 0 Å². The molecule has 1 unspecified atom stereocenters. The molecule has 2 aromatic heterocycles. The molecule has 1 N–H and O–H groups in total. The van der Waals surface area contributed by atoms with Crippen LogP contribution in [0.2, 0.25) is 0 Å². The Labute approximate surface area is 92.0 Å². The van der Waals surface area contributed by atoms with E-state index in [2.05, 4.69) is 29.0 Å². The third-order valence-electron chi connectivity index (χ3n) is 2.00. The number of hydrogen-bond acceptors (Lipinski definition) is 2. The van der Waals surface area contributed by atoms with E-state index in [1.165, 1.54) is 9.75 Å². The lowest BCUT2D eigenvalue weighted by molar-refractivity contribution is 0.868. The van der Waals surface area contributed by atoms with Gasteiger partial charge in [0, 0.05) is 28.6 Å². The molecule has 0 fully saturated rings. The minimum Gasteiger partial charge on any atom is -0.349 e. The summed E-state index contributed by atoms with van der Waals surface area (Å²) >= 11 is 8.01. The summed E-state index contributed by atoms with van der Waals surface area (Å²) in [6, 6.07) is 4.18. The molecule has 2 aromatic rings. The number of thiophene rings is 1. The van der Waals surface area contributed by atoms with Crippen LogP contribution < -0.4 is 0 Å². The Hall–Kier alpha value is -0.800. The molecule has 0 aliphatic carbocycles. The lowest BCUT2D eigenvalue weighted by atomic mass is 10.2. The third kappa shape index (κ3) is 2.16. The number of alkyl halides is 1. The second kappa shape index (κ2) is 4.15. The number of aromatic amines is 1. The lowest BCUT2D eigenvalue weighted by Gasteiger charge is -2.03. The summed E-state index contributed by atoms with van der Waals surface area (Å²) in [5.41, 5.74) is 0. The number of imidazole rings is 1. The van der Waals surface area contributed by atoms with Crippen molar-refractivity contribution >= 4 is 22.9 Å². The Morgan fingerprint density at radius 3 is 3.00 bits per heavy atom. The zero-order valence-corrected chi connectivity index (χ0v) is 9.40. The maximum Gasteiger partial charge on any atom is 0.107 e. The van der Waals surface area contributed by atoms with Gasteiger partial charge in [0.05, 0.1) is 5.38 Å². The highest BCUT2D eigenvalue weighted by Crippen LogP contribution is 2.29. The van der Waals surface area contributed by atoms with Crippen LogP contribution in [0.3, 0.4) is 0 Å². The molecule has 0 radical (unpaired) electrons. The quantitative estimate of drug-likeness (QED) is 0.800. The van der Waals surface area contributed by atoms with E-state index in [4.69, 9.17) is 11.6 Å². The molecule has 0 saturated carbocycles. The monoisotopic (exact) mass is 226 g/mol. The van der Waals surface area contributed by atoms with E-state index >= 15 is 0 Å². The van der Waals surface area contributed by atoms with Crippen LogP contribution in [0.1, 0.15) is 21.0 Å². The Morgan fingerprint density at radius 1 is 1.57 bits per heavy atom. The standard InChI is InChI=1S/C10H11ClN2S/c1-7-2-3-9(14-7)8(11)6-10-12-4-5-13-10/h2-5,8H,6H2,1H3,(H,12,13). The lowest BCUT2D eigenvalue weighted by Crippen LogP contribution is -1.95. The fourth-order valence-corrected chi connectivity index (χ4v) is 2.51. The molecule has 2 rings (SSSR count). The van der Waals surface area contributed by atoms with Gasteiger partial charge in [0.15, 0.2) is 0 Å². The summed E-state index contributed by atoms with van der Waals surface area (Å²) in [5, 5.41) is 0.0276. The summed E-state index contributed by atoms with van der Waals surface area (Å²) in [4.78, 5) is 9.71. The molecule has 14 heavy (non-hydrogen) atoms. The fraction of sp³-hybridized carbons (Fsp3) is 0.300. The molecule has 4 heteroatoms. The van der Waals surface area contributed by atoms with Crippen molar-refractivity contribution in [1.29, 1.82) is 0 Å². The average molecular weight is 227 g/mol. The van der Waals surface area contributed by atoms with Crippen LogP contribution in [0.4, 0.5) is 0 Å². The van der Waals surface area contributed by atoms with Crippen molar-refractivity contribution in [3.63, 3.8) is 0 Å². The highest BCUT2D eigenvalue weighted by molar-refractivity contribution is 7.12. The van der Waals surface area contributed by atoms with Crippen molar-refractivity contribution in [1.82, 2.24) is 9.97 Å². The number of aromatic nitrogens is 2. The number of nitrogens with one attached hydrogen (secondary N) is 1. The Bertz CT molecular complexity index is 394. The first-order valence-electron chi connectivity index (χ1n) is 4.44. The van der Waals surface area contributed by atoms with Crippen molar-refractivity contribution in [3.05, 3.63) is 40.1 Å². The summed E-state index contributed by atoms with van der Waals surface area (Å²) in [5.74, 6) is 0.941. The molecular weight excluding hydrogens is 216 g/mol. The SMILES string of the molecule is Cc1ccc(C(Cl)Cc2ncc[nH]2)s1. The van der Waals surface area contributed by atoms with E-state index in [1.54, 1.807) is 17.5 Å². The highest BCUT2D eigenvalue weighted by Gasteiger charge is 2.11. The average Bonchev–Trinajstić information content (AvgIpc) is 2.75. The van der Waals surface area contributed by atoms with Gasteiger partial charge in [-0.05, 0) is 19.1 Å². The van der Waals surface area contributed by atoms with E-state index in [9.17, 15) is 0 Å². The van der Waals surface area contributed by atoms with Crippen molar-refractivity contribution in [2.24, 2.45) is 0 Å². The van der Waals surface area contributed by atoms with E-state index in [0.29, 0.717) is 0 Å². The zero-order chi connectivity index (χ0) is 9.97. The molecule has 74 valence electrons. The molecule has 0 amide bonds. The van der Waals surface area contributed by atoms with Crippen molar-refractivity contribution in [3.8, 4) is 0 Å². The Balaban J connectivity index is 2.06. The summed E-state index contributed by atoms with van der Waals surface area (Å²) in [6.07, 6.45) is 4.33. The van der Waals surface area contributed by atoms with Crippen molar-refractivity contribution in [2.75, 3.05) is 0 Å². The predicted molar refractivity (Wildman–Crippen MR) is 59.9 cm³/mol. The molecule has 2 nitrogen and oxygen atoms in total. The topological polar surface area (TPSA) is 28.7 Å². The molecule has 0 saturated heterocycles. The van der Waals surface area contributed by atoms with Crippen LogP contribution in [0.5, 0.6) is 0 Å². The van der Waals surface area contributed by atoms with Crippen LogP contribution in [0, 0.1) is 6.92 Å². The van der Waals surface area contributed by atoms with Crippen LogP contribution in [0.25, 0.3) is 0 Å². The minimum absolute atomic E-state index is 0.0276. The molecule has 0 bridgehead atoms. The molecule has 0 aliphatic heterocycles. The maximum atomic E-state index is 6.26. The minimum atomic E-state index is 0.0276. The second-order valence-corrected chi connectivity index (χ2v) is 5.00. The van der Waals surface area contributed by atoms with Crippen molar-refractivity contribution < 1.29 is 0 Å². The smallest absolute Gasteiger partial charge is 0.107 e. The van der Waals surface area contributed by atoms with Gasteiger partial charge in [-0.25, -0.2) is 4.98 Å². The summed E-state index contributed by atoms with van der Waals surface area (Å²) in [6.45, 7) is 2.09. The summed E-state index contributed by atoms with van der Waals surface area (Å²) in [7, 11) is 0. The Kier molecular flexibility index (Phi) is 2.89. The fourth-order valence-electron chi connectivity index (χ4n) is 1.30. The van der Waals surface area contributed by atoms with Gasteiger partial charge in [0.2, 0.25) is 0 Å². The van der Waals surface area contributed by atoms with Gasteiger partial charge in [-0.1, -0.05) is 0 Å². The Morgan fingerprint density at radius 2 is 2.43 bits per heavy atom. The largest absolute Gasteiger partial charge is 0.349 e. The third-order valence-corrected chi connectivity index (χ3v) is 3.63. The number of halogens is 1. The van der Waals surface area contributed by atoms with E-state index in [0.717, 1.165) is 12.2 Å². The first kappa shape index (κ1) is 9.74. The normalized spacial score (nSPS) is 13.0. The van der Waals surface area contributed by atoms with E-state index in [-0.39, 0.29) is 5.38 Å². The number of rotatable bonds is 3. The van der Waals surface area contributed by atoms with E-state index in [1.807, 2.05) is 6.20 Å². The molecular formula is C10H11ClN2S. The van der Waals surface area contributed by atoms with Crippen LogP contribution in [0.15, 0.2) is 24.5 Å². The van der Waals surface area contributed by atoms with Gasteiger partial charge >= 0.3 is 0 Å². The van der Waals surface area contributed by atoms with Crippen LogP contribution in [-0.4, -0.2) is 9.97 Å². The molecule has 0 aliphatic rings. The number of H-pyrrole nitrogens is 1. The summed E-state index contributed by atoms with van der Waals surface area (Å²) < 4.78 is 0. The highest BCUT2D eigenvalue weighted by atomic mass is 35.5. The molecule has 0 aromatic carbocycles. The number of aryl methyl sites for hydroxylation is 1. The molecule has 1 atom stereocenters. The van der Waals surface area contributed by atoms with Crippen LogP contribution >= 0.6 is 22.9 Å². The van der Waals surface area contributed by atoms with E-state index < -0.39 is 0 Å². The maximum absolute atomic E-state index is 6.26.